The second-order valence-corrected chi connectivity index (χ2v) is 9.76. The molecule has 6 nitrogen and oxygen atoms in total. The lowest BCUT2D eigenvalue weighted by molar-refractivity contribution is -0.120. The summed E-state index contributed by atoms with van der Waals surface area (Å²) in [7, 11) is 0. The Morgan fingerprint density at radius 2 is 2.13 bits per heavy atom. The quantitative estimate of drug-likeness (QED) is 0.508. The van der Waals surface area contributed by atoms with Crippen LogP contribution in [0.3, 0.4) is 0 Å². The maximum atomic E-state index is 12.6. The molecule has 160 valence electrons. The zero-order valence-electron chi connectivity index (χ0n) is 17.2. The number of hydrogen-bond donors (Lipinski definition) is 2. The van der Waals surface area contributed by atoms with Crippen molar-refractivity contribution in [2.75, 3.05) is 12.3 Å². The Hall–Kier alpha value is -2.63. The normalized spacial score (nSPS) is 13.0. The number of thioether (sulfide) groups is 1. The molecule has 2 N–H and O–H groups in total. The monoisotopic (exact) mass is 452 g/mol. The van der Waals surface area contributed by atoms with Crippen LogP contribution in [0.25, 0.3) is 10.2 Å². The highest BCUT2D eigenvalue weighted by Crippen LogP contribution is 2.33. The van der Waals surface area contributed by atoms with Crippen LogP contribution in [0, 0.1) is 11.3 Å². The van der Waals surface area contributed by atoms with Gasteiger partial charge in [0.05, 0.1) is 17.0 Å². The number of rotatable bonds is 8. The average molecular weight is 453 g/mol. The summed E-state index contributed by atoms with van der Waals surface area (Å²) in [5.41, 5.74) is 2.82. The first-order valence-electron chi connectivity index (χ1n) is 10.5. The Balaban J connectivity index is 1.24. The van der Waals surface area contributed by atoms with Crippen molar-refractivity contribution in [3.8, 4) is 6.07 Å². The van der Waals surface area contributed by atoms with E-state index >= 15 is 0 Å². The summed E-state index contributed by atoms with van der Waals surface area (Å²) in [4.78, 5) is 34.4. The molecule has 0 fully saturated rings. The third-order valence-corrected chi connectivity index (χ3v) is 7.62. The van der Waals surface area contributed by atoms with E-state index in [9.17, 15) is 9.59 Å². The van der Waals surface area contributed by atoms with E-state index in [4.69, 9.17) is 5.26 Å². The minimum atomic E-state index is -0.0751. The van der Waals surface area contributed by atoms with Gasteiger partial charge < -0.3 is 10.3 Å². The lowest BCUT2D eigenvalue weighted by Crippen LogP contribution is -2.26. The van der Waals surface area contributed by atoms with Crippen LogP contribution in [-0.2, 0) is 29.8 Å². The summed E-state index contributed by atoms with van der Waals surface area (Å²) in [6, 6.07) is 9.77. The summed E-state index contributed by atoms with van der Waals surface area (Å²) in [5.74, 6) is 2.04. The molecule has 2 aromatic heterocycles. The number of nitrogens with one attached hydrogen (secondary N) is 2. The van der Waals surface area contributed by atoms with Gasteiger partial charge in [0, 0.05) is 35.8 Å². The number of carbonyl (C=O) groups excluding carboxylic acids is 1. The molecule has 31 heavy (non-hydrogen) atoms. The minimum absolute atomic E-state index is 0.0498. The number of amides is 1. The van der Waals surface area contributed by atoms with Crippen molar-refractivity contribution in [3.05, 3.63) is 62.0 Å². The molecule has 1 aliphatic carbocycles. The Kier molecular flexibility index (Phi) is 7.05. The van der Waals surface area contributed by atoms with E-state index in [0.29, 0.717) is 30.8 Å². The van der Waals surface area contributed by atoms with Gasteiger partial charge in [-0.3, -0.25) is 9.59 Å². The fraction of sp³-hybridized carbons (Fsp3) is 0.391. The molecule has 0 spiro atoms. The molecule has 1 aromatic carbocycles. The van der Waals surface area contributed by atoms with E-state index in [1.54, 1.807) is 23.1 Å². The maximum Gasteiger partial charge on any atom is 0.259 e. The van der Waals surface area contributed by atoms with Crippen LogP contribution in [0.15, 0.2) is 29.1 Å². The van der Waals surface area contributed by atoms with E-state index in [1.807, 2.05) is 24.3 Å². The number of thiophene rings is 1. The van der Waals surface area contributed by atoms with Gasteiger partial charge in [-0.15, -0.1) is 11.3 Å². The number of nitrogens with zero attached hydrogens (tertiary/aromatic N) is 2. The van der Waals surface area contributed by atoms with E-state index in [0.717, 1.165) is 46.5 Å². The Labute approximate surface area is 189 Å². The fourth-order valence-electron chi connectivity index (χ4n) is 3.85. The summed E-state index contributed by atoms with van der Waals surface area (Å²) in [5, 5.41) is 12.8. The Morgan fingerprint density at radius 1 is 1.29 bits per heavy atom. The lowest BCUT2D eigenvalue weighted by Gasteiger charge is -2.09. The van der Waals surface area contributed by atoms with Crippen molar-refractivity contribution in [1.82, 2.24) is 15.3 Å². The highest BCUT2D eigenvalue weighted by molar-refractivity contribution is 7.98. The molecule has 1 amide bonds. The van der Waals surface area contributed by atoms with Gasteiger partial charge in [-0.25, -0.2) is 4.98 Å². The van der Waals surface area contributed by atoms with Gasteiger partial charge in [-0.05, 0) is 42.9 Å². The van der Waals surface area contributed by atoms with Crippen LogP contribution in [0.1, 0.15) is 46.7 Å². The molecule has 0 saturated heterocycles. The maximum absolute atomic E-state index is 12.6. The smallest absolute Gasteiger partial charge is 0.259 e. The van der Waals surface area contributed by atoms with Crippen molar-refractivity contribution >= 4 is 39.2 Å². The van der Waals surface area contributed by atoms with Gasteiger partial charge in [-0.2, -0.15) is 17.0 Å². The van der Waals surface area contributed by atoms with Crippen LogP contribution < -0.4 is 10.9 Å². The van der Waals surface area contributed by atoms with Crippen LogP contribution in [0.2, 0.25) is 0 Å². The van der Waals surface area contributed by atoms with Gasteiger partial charge in [0.2, 0.25) is 5.91 Å². The van der Waals surface area contributed by atoms with Gasteiger partial charge in [0.25, 0.3) is 5.56 Å². The zero-order chi connectivity index (χ0) is 21.6. The SMILES string of the molecule is N#Cc1ccccc1CSCCNC(=O)CCc1nc2sc3c(c2c(=O)[nH]1)CCCC3. The van der Waals surface area contributed by atoms with Gasteiger partial charge >= 0.3 is 0 Å². The number of benzene rings is 1. The first-order chi connectivity index (χ1) is 15.2. The summed E-state index contributed by atoms with van der Waals surface area (Å²) in [6.07, 6.45) is 5.01. The summed E-state index contributed by atoms with van der Waals surface area (Å²) >= 11 is 3.31. The number of aromatic amines is 1. The van der Waals surface area contributed by atoms with E-state index in [2.05, 4.69) is 21.4 Å². The van der Waals surface area contributed by atoms with Crippen LogP contribution in [0.5, 0.6) is 0 Å². The molecular weight excluding hydrogens is 428 g/mol. The van der Waals surface area contributed by atoms with Crippen molar-refractivity contribution in [3.63, 3.8) is 0 Å². The second-order valence-electron chi connectivity index (χ2n) is 7.58. The number of carbonyl (C=O) groups is 1. The number of nitriles is 1. The standard InChI is InChI=1S/C23H24N4O2S2/c24-13-15-5-1-2-6-16(15)14-30-12-11-25-20(28)10-9-19-26-22(29)21-17-7-3-4-8-18(17)31-23(21)27-19/h1-2,5-6H,3-4,7-12,14H2,(H,25,28)(H,26,27,29). The molecule has 3 aromatic rings. The first kappa shape index (κ1) is 21.6. The topological polar surface area (TPSA) is 98.6 Å². The molecule has 0 atom stereocenters. The van der Waals surface area contributed by atoms with Crippen LogP contribution in [-0.4, -0.2) is 28.2 Å². The van der Waals surface area contributed by atoms with Crippen molar-refractivity contribution in [2.24, 2.45) is 0 Å². The van der Waals surface area contributed by atoms with Crippen LogP contribution in [0.4, 0.5) is 0 Å². The largest absolute Gasteiger partial charge is 0.355 e. The fourth-order valence-corrected chi connectivity index (χ4v) is 5.99. The highest BCUT2D eigenvalue weighted by atomic mass is 32.2. The summed E-state index contributed by atoms with van der Waals surface area (Å²) < 4.78 is 0. The molecule has 4 rings (SSSR count). The molecule has 0 bridgehead atoms. The minimum Gasteiger partial charge on any atom is -0.355 e. The van der Waals surface area contributed by atoms with Gasteiger partial charge in [0.15, 0.2) is 0 Å². The molecular formula is C23H24N4O2S2. The number of hydrogen-bond acceptors (Lipinski definition) is 6. The average Bonchev–Trinajstić information content (AvgIpc) is 3.16. The molecule has 0 radical (unpaired) electrons. The molecule has 0 unspecified atom stereocenters. The van der Waals surface area contributed by atoms with E-state index in [1.165, 1.54) is 16.9 Å². The molecule has 0 saturated carbocycles. The van der Waals surface area contributed by atoms with Gasteiger partial charge in [-0.1, -0.05) is 18.2 Å². The predicted molar refractivity (Wildman–Crippen MR) is 126 cm³/mol. The zero-order valence-corrected chi connectivity index (χ0v) is 18.8. The first-order valence-corrected chi connectivity index (χ1v) is 12.5. The summed E-state index contributed by atoms with van der Waals surface area (Å²) in [6.45, 7) is 0.568. The van der Waals surface area contributed by atoms with E-state index in [-0.39, 0.29) is 11.5 Å². The number of fused-ring (bicyclic) bond motifs is 3. The van der Waals surface area contributed by atoms with Crippen molar-refractivity contribution in [1.29, 1.82) is 5.26 Å². The van der Waals surface area contributed by atoms with Crippen molar-refractivity contribution < 1.29 is 4.79 Å². The Bertz CT molecular complexity index is 1190. The number of aromatic nitrogens is 2. The lowest BCUT2D eigenvalue weighted by atomic mass is 9.97. The second kappa shape index (κ2) is 10.1. The van der Waals surface area contributed by atoms with E-state index < -0.39 is 0 Å². The Morgan fingerprint density at radius 3 is 3.00 bits per heavy atom. The number of aryl methyl sites for hydroxylation is 3. The third-order valence-electron chi connectivity index (χ3n) is 5.43. The predicted octanol–water partition coefficient (Wildman–Crippen LogP) is 3.72. The molecule has 1 aliphatic rings. The molecule has 0 aliphatic heterocycles. The molecule has 8 heteroatoms. The van der Waals surface area contributed by atoms with Gasteiger partial charge in [0.1, 0.15) is 10.7 Å². The highest BCUT2D eigenvalue weighted by Gasteiger charge is 2.19. The van der Waals surface area contributed by atoms with Crippen molar-refractivity contribution in [2.45, 2.75) is 44.3 Å². The third kappa shape index (κ3) is 5.17. The number of H-pyrrole nitrogens is 1. The molecule has 2 heterocycles. The van der Waals surface area contributed by atoms with Crippen LogP contribution >= 0.6 is 23.1 Å².